The van der Waals surface area contributed by atoms with Gasteiger partial charge < -0.3 is 14.8 Å². The molecule has 0 aromatic rings. The third-order valence-corrected chi connectivity index (χ3v) is 2.75. The highest BCUT2D eigenvalue weighted by Gasteiger charge is 2.31. The molecule has 0 aromatic heterocycles. The molecule has 0 bridgehead atoms. The molecule has 0 aromatic carbocycles. The van der Waals surface area contributed by atoms with Gasteiger partial charge in [-0.3, -0.25) is 9.69 Å². The van der Waals surface area contributed by atoms with Crippen molar-refractivity contribution in [3.05, 3.63) is 0 Å². The fourth-order valence-electron chi connectivity index (χ4n) is 1.91. The molecular weight excluding hydrogens is 196 g/mol. The maximum Gasteiger partial charge on any atom is 0.325 e. The summed E-state index contributed by atoms with van der Waals surface area (Å²) in [7, 11) is 3.01. The van der Waals surface area contributed by atoms with E-state index in [-0.39, 0.29) is 12.0 Å². The summed E-state index contributed by atoms with van der Waals surface area (Å²) in [6, 6.07) is 0.0510. The minimum Gasteiger partial charge on any atom is -0.468 e. The summed E-state index contributed by atoms with van der Waals surface area (Å²) in [5.74, 6) is -0.217. The van der Waals surface area contributed by atoms with Crippen LogP contribution in [0, 0.1) is 0 Å². The van der Waals surface area contributed by atoms with E-state index in [1.165, 1.54) is 7.11 Å². The van der Waals surface area contributed by atoms with E-state index in [2.05, 4.69) is 17.1 Å². The number of esters is 1. The summed E-state index contributed by atoms with van der Waals surface area (Å²) in [5, 5.41) is 3.28. The van der Waals surface area contributed by atoms with Gasteiger partial charge in [-0.2, -0.15) is 0 Å². The standard InChI is InChI=1S/C10H20N2O3/c1-8-6-11-4-5-12(8)9(7-14-2)10(13)15-3/h8-9,11H,4-7H2,1-3H3. The zero-order chi connectivity index (χ0) is 11.3. The molecule has 1 aliphatic heterocycles. The Kier molecular flexibility index (Phi) is 5.01. The highest BCUT2D eigenvalue weighted by Crippen LogP contribution is 2.10. The smallest absolute Gasteiger partial charge is 0.325 e. The molecule has 1 heterocycles. The molecular formula is C10H20N2O3. The normalized spacial score (nSPS) is 24.9. The van der Waals surface area contributed by atoms with Crippen molar-refractivity contribution in [1.29, 1.82) is 0 Å². The summed E-state index contributed by atoms with van der Waals surface area (Å²) in [4.78, 5) is 13.7. The molecule has 1 saturated heterocycles. The first kappa shape index (κ1) is 12.4. The van der Waals surface area contributed by atoms with Crippen molar-refractivity contribution < 1.29 is 14.3 Å². The lowest BCUT2D eigenvalue weighted by Gasteiger charge is -2.38. The summed E-state index contributed by atoms with van der Waals surface area (Å²) >= 11 is 0. The van der Waals surface area contributed by atoms with Gasteiger partial charge in [0.05, 0.1) is 13.7 Å². The number of methoxy groups -OCH3 is 2. The molecule has 5 heteroatoms. The lowest BCUT2D eigenvalue weighted by molar-refractivity contribution is -0.150. The van der Waals surface area contributed by atoms with Gasteiger partial charge in [-0.15, -0.1) is 0 Å². The van der Waals surface area contributed by atoms with Crippen LogP contribution in [0.15, 0.2) is 0 Å². The minimum atomic E-state index is -0.280. The largest absolute Gasteiger partial charge is 0.468 e. The van der Waals surface area contributed by atoms with Crippen LogP contribution in [-0.2, 0) is 14.3 Å². The molecule has 15 heavy (non-hydrogen) atoms. The summed E-state index contributed by atoms with van der Waals surface area (Å²) in [6.45, 7) is 5.14. The van der Waals surface area contributed by atoms with Gasteiger partial charge in [0.25, 0.3) is 0 Å². The fraction of sp³-hybridized carbons (Fsp3) is 0.900. The van der Waals surface area contributed by atoms with Crippen LogP contribution in [0.3, 0.4) is 0 Å². The van der Waals surface area contributed by atoms with Gasteiger partial charge in [0.1, 0.15) is 6.04 Å². The summed E-state index contributed by atoms with van der Waals surface area (Å²) < 4.78 is 9.85. The van der Waals surface area contributed by atoms with Crippen molar-refractivity contribution in [2.75, 3.05) is 40.5 Å². The van der Waals surface area contributed by atoms with Gasteiger partial charge in [0, 0.05) is 32.8 Å². The molecule has 0 radical (unpaired) electrons. The van der Waals surface area contributed by atoms with Gasteiger partial charge in [0.2, 0.25) is 0 Å². The molecule has 0 aliphatic carbocycles. The molecule has 1 aliphatic rings. The number of ether oxygens (including phenoxy) is 2. The molecule has 88 valence electrons. The summed E-state index contributed by atoms with van der Waals surface area (Å²) in [5.41, 5.74) is 0. The molecule has 2 unspecified atom stereocenters. The number of piperazine rings is 1. The Bertz CT molecular complexity index is 211. The van der Waals surface area contributed by atoms with Crippen LogP contribution in [0.5, 0.6) is 0 Å². The Labute approximate surface area is 90.7 Å². The highest BCUT2D eigenvalue weighted by atomic mass is 16.5. The Morgan fingerprint density at radius 2 is 2.33 bits per heavy atom. The van der Waals surface area contributed by atoms with Crippen molar-refractivity contribution in [3.8, 4) is 0 Å². The third kappa shape index (κ3) is 3.15. The third-order valence-electron chi connectivity index (χ3n) is 2.75. The molecule has 1 rings (SSSR count). The first-order valence-electron chi connectivity index (χ1n) is 5.24. The van der Waals surface area contributed by atoms with Gasteiger partial charge in [-0.05, 0) is 6.92 Å². The Morgan fingerprint density at radius 1 is 1.60 bits per heavy atom. The van der Waals surface area contributed by atoms with Crippen molar-refractivity contribution in [3.63, 3.8) is 0 Å². The summed E-state index contributed by atoms with van der Waals surface area (Å²) in [6.07, 6.45) is 0. The van der Waals surface area contributed by atoms with E-state index in [1.54, 1.807) is 7.11 Å². The fourth-order valence-corrected chi connectivity index (χ4v) is 1.91. The van der Waals surface area contributed by atoms with Crippen molar-refractivity contribution >= 4 is 5.97 Å². The van der Waals surface area contributed by atoms with E-state index < -0.39 is 0 Å². The zero-order valence-corrected chi connectivity index (χ0v) is 9.66. The Morgan fingerprint density at radius 3 is 2.87 bits per heavy atom. The molecule has 2 atom stereocenters. The quantitative estimate of drug-likeness (QED) is 0.640. The lowest BCUT2D eigenvalue weighted by Crippen LogP contribution is -2.57. The number of nitrogens with zero attached hydrogens (tertiary/aromatic N) is 1. The minimum absolute atomic E-state index is 0.217. The molecule has 5 nitrogen and oxygen atoms in total. The predicted octanol–water partition coefficient (Wildman–Crippen LogP) is -0.532. The first-order chi connectivity index (χ1) is 7.20. The van der Waals surface area contributed by atoms with Crippen LogP contribution < -0.4 is 5.32 Å². The second-order valence-electron chi connectivity index (χ2n) is 3.79. The van der Waals surface area contributed by atoms with Crippen LogP contribution in [0.2, 0.25) is 0 Å². The predicted molar refractivity (Wildman–Crippen MR) is 56.7 cm³/mol. The van der Waals surface area contributed by atoms with Crippen LogP contribution in [0.25, 0.3) is 0 Å². The molecule has 0 amide bonds. The van der Waals surface area contributed by atoms with E-state index in [4.69, 9.17) is 9.47 Å². The van der Waals surface area contributed by atoms with Gasteiger partial charge in [0.15, 0.2) is 0 Å². The van der Waals surface area contributed by atoms with Crippen molar-refractivity contribution in [1.82, 2.24) is 10.2 Å². The van der Waals surface area contributed by atoms with Crippen LogP contribution in [-0.4, -0.2) is 63.4 Å². The van der Waals surface area contributed by atoms with Crippen LogP contribution in [0.4, 0.5) is 0 Å². The molecule has 1 N–H and O–H groups in total. The second-order valence-corrected chi connectivity index (χ2v) is 3.79. The monoisotopic (exact) mass is 216 g/mol. The van der Waals surface area contributed by atoms with Gasteiger partial charge >= 0.3 is 5.97 Å². The van der Waals surface area contributed by atoms with Crippen molar-refractivity contribution in [2.24, 2.45) is 0 Å². The van der Waals surface area contributed by atoms with E-state index in [0.29, 0.717) is 12.6 Å². The number of hydrogen-bond acceptors (Lipinski definition) is 5. The van der Waals surface area contributed by atoms with E-state index in [9.17, 15) is 4.79 Å². The number of nitrogens with one attached hydrogen (secondary N) is 1. The van der Waals surface area contributed by atoms with Crippen LogP contribution >= 0.6 is 0 Å². The topological polar surface area (TPSA) is 50.8 Å². The van der Waals surface area contributed by atoms with Gasteiger partial charge in [-0.1, -0.05) is 0 Å². The zero-order valence-electron chi connectivity index (χ0n) is 9.66. The first-order valence-corrected chi connectivity index (χ1v) is 5.24. The van der Waals surface area contributed by atoms with Gasteiger partial charge in [-0.25, -0.2) is 0 Å². The SMILES string of the molecule is COCC(C(=O)OC)N1CCNCC1C. The number of hydrogen-bond donors (Lipinski definition) is 1. The highest BCUT2D eigenvalue weighted by molar-refractivity contribution is 5.75. The number of carbonyl (C=O) groups is 1. The second kappa shape index (κ2) is 6.05. The maximum absolute atomic E-state index is 11.6. The van der Waals surface area contributed by atoms with E-state index >= 15 is 0 Å². The van der Waals surface area contributed by atoms with Crippen LogP contribution in [0.1, 0.15) is 6.92 Å². The Balaban J connectivity index is 2.64. The lowest BCUT2D eigenvalue weighted by atomic mass is 10.1. The van der Waals surface area contributed by atoms with E-state index in [0.717, 1.165) is 19.6 Å². The average Bonchev–Trinajstić information content (AvgIpc) is 2.26. The van der Waals surface area contributed by atoms with E-state index in [1.807, 2.05) is 0 Å². The average molecular weight is 216 g/mol. The molecule has 1 fully saturated rings. The van der Waals surface area contributed by atoms with Crippen molar-refractivity contribution in [2.45, 2.75) is 19.0 Å². The maximum atomic E-state index is 11.6. The molecule has 0 spiro atoms. The number of carbonyl (C=O) groups excluding carboxylic acids is 1. The molecule has 0 saturated carbocycles. The Hall–Kier alpha value is -0.650. The number of rotatable bonds is 4.